The summed E-state index contributed by atoms with van der Waals surface area (Å²) in [5.74, 6) is 0.421. The maximum Gasteiger partial charge on any atom is 0.119 e. The number of aryl methyl sites for hydroxylation is 1. The molecule has 0 aliphatic carbocycles. The van der Waals surface area contributed by atoms with Crippen molar-refractivity contribution in [1.82, 2.24) is 0 Å². The quantitative estimate of drug-likeness (QED) is 0.845. The predicted octanol–water partition coefficient (Wildman–Crippen LogP) is 4.40. The molecule has 1 nitrogen and oxygen atoms in total. The lowest BCUT2D eigenvalue weighted by Crippen LogP contribution is -2.12. The summed E-state index contributed by atoms with van der Waals surface area (Å²) in [4.78, 5) is 0. The van der Waals surface area contributed by atoms with E-state index in [4.69, 9.17) is 0 Å². The normalized spacial score (nSPS) is 11.8. The molecule has 1 aromatic carbocycles. The highest BCUT2D eigenvalue weighted by Crippen LogP contribution is 2.35. The molecule has 1 aromatic rings. The topological polar surface area (TPSA) is 20.2 Å². The summed E-state index contributed by atoms with van der Waals surface area (Å²) >= 11 is 3.58. The van der Waals surface area contributed by atoms with Crippen molar-refractivity contribution < 1.29 is 5.11 Å². The van der Waals surface area contributed by atoms with Gasteiger partial charge in [0.1, 0.15) is 5.75 Å². The fourth-order valence-electron chi connectivity index (χ4n) is 1.65. The highest BCUT2D eigenvalue weighted by atomic mass is 79.9. The maximum atomic E-state index is 9.89. The smallest absolute Gasteiger partial charge is 0.119 e. The average Bonchev–Trinajstić information content (AvgIpc) is 2.09. The number of halogens is 1. The molecule has 0 aliphatic heterocycles. The number of hydrogen-bond donors (Lipinski definition) is 1. The van der Waals surface area contributed by atoms with Crippen molar-refractivity contribution in [2.24, 2.45) is 0 Å². The van der Waals surface area contributed by atoms with E-state index in [-0.39, 0.29) is 5.41 Å². The Morgan fingerprint density at radius 1 is 1.27 bits per heavy atom. The second-order valence-corrected chi connectivity index (χ2v) is 5.82. The zero-order valence-corrected chi connectivity index (χ0v) is 11.5. The van der Waals surface area contributed by atoms with Gasteiger partial charge < -0.3 is 5.11 Å². The van der Waals surface area contributed by atoms with Crippen molar-refractivity contribution in [3.63, 3.8) is 0 Å². The second kappa shape index (κ2) is 4.56. The molecule has 0 aromatic heterocycles. The van der Waals surface area contributed by atoms with Gasteiger partial charge in [-0.15, -0.1) is 0 Å². The van der Waals surface area contributed by atoms with Gasteiger partial charge in [-0.3, -0.25) is 0 Å². The molecule has 15 heavy (non-hydrogen) atoms. The van der Waals surface area contributed by atoms with Gasteiger partial charge >= 0.3 is 0 Å². The van der Waals surface area contributed by atoms with Crippen LogP contribution in [0.2, 0.25) is 0 Å². The fraction of sp³-hybridized carbons (Fsp3) is 0.538. The SMILES string of the molecule is CCCc1cc(Br)c(C(C)(C)C)cc1O. The Bertz CT molecular complexity index is 350. The number of benzene rings is 1. The summed E-state index contributed by atoms with van der Waals surface area (Å²) in [5, 5.41) is 9.89. The van der Waals surface area contributed by atoms with Crippen molar-refractivity contribution in [2.75, 3.05) is 0 Å². The van der Waals surface area contributed by atoms with Gasteiger partial charge in [0.05, 0.1) is 0 Å². The first-order chi connectivity index (χ1) is 6.86. The van der Waals surface area contributed by atoms with E-state index >= 15 is 0 Å². The summed E-state index contributed by atoms with van der Waals surface area (Å²) in [6.45, 7) is 8.55. The molecule has 84 valence electrons. The van der Waals surface area contributed by atoms with Gasteiger partial charge in [-0.2, -0.15) is 0 Å². The lowest BCUT2D eigenvalue weighted by molar-refractivity contribution is 0.463. The number of hydrogen-bond acceptors (Lipinski definition) is 1. The summed E-state index contributed by atoms with van der Waals surface area (Å²) < 4.78 is 1.09. The molecule has 0 unspecified atom stereocenters. The first kappa shape index (κ1) is 12.6. The van der Waals surface area contributed by atoms with Crippen molar-refractivity contribution in [2.45, 2.75) is 46.0 Å². The van der Waals surface area contributed by atoms with Crippen LogP contribution in [0.15, 0.2) is 16.6 Å². The minimum absolute atomic E-state index is 0.0566. The van der Waals surface area contributed by atoms with Gasteiger partial charge in [-0.1, -0.05) is 50.0 Å². The molecule has 0 bridgehead atoms. The fourth-order valence-corrected chi connectivity index (χ4v) is 2.63. The Morgan fingerprint density at radius 3 is 2.33 bits per heavy atom. The van der Waals surface area contributed by atoms with E-state index in [1.165, 1.54) is 0 Å². The zero-order chi connectivity index (χ0) is 11.6. The van der Waals surface area contributed by atoms with Gasteiger partial charge in [-0.25, -0.2) is 0 Å². The minimum atomic E-state index is 0.0566. The van der Waals surface area contributed by atoms with Gasteiger partial charge in [0.2, 0.25) is 0 Å². The van der Waals surface area contributed by atoms with Gasteiger partial charge in [-0.05, 0) is 35.1 Å². The maximum absolute atomic E-state index is 9.89. The zero-order valence-electron chi connectivity index (χ0n) is 9.89. The highest BCUT2D eigenvalue weighted by molar-refractivity contribution is 9.10. The molecular formula is C13H19BrO. The van der Waals surface area contributed by atoms with Crippen LogP contribution in [-0.4, -0.2) is 5.11 Å². The Labute approximate surface area is 101 Å². The summed E-state index contributed by atoms with van der Waals surface area (Å²) in [7, 11) is 0. The van der Waals surface area contributed by atoms with Crippen molar-refractivity contribution in [3.05, 3.63) is 27.7 Å². The molecule has 0 fully saturated rings. The third kappa shape index (κ3) is 2.97. The van der Waals surface area contributed by atoms with Crippen LogP contribution in [0, 0.1) is 0 Å². The second-order valence-electron chi connectivity index (χ2n) is 4.96. The first-order valence-electron chi connectivity index (χ1n) is 5.38. The summed E-state index contributed by atoms with van der Waals surface area (Å²) in [5.41, 5.74) is 2.23. The van der Waals surface area contributed by atoms with Crippen molar-refractivity contribution in [3.8, 4) is 5.75 Å². The van der Waals surface area contributed by atoms with Gasteiger partial charge in [0.25, 0.3) is 0 Å². The molecule has 0 saturated carbocycles. The lowest BCUT2D eigenvalue weighted by atomic mass is 9.86. The van der Waals surface area contributed by atoms with Crippen molar-refractivity contribution >= 4 is 15.9 Å². The number of aromatic hydroxyl groups is 1. The van der Waals surface area contributed by atoms with Crippen LogP contribution >= 0.6 is 15.9 Å². The van der Waals surface area contributed by atoms with E-state index < -0.39 is 0 Å². The molecule has 2 heteroatoms. The van der Waals surface area contributed by atoms with Gasteiger partial charge in [0.15, 0.2) is 0 Å². The molecule has 0 aliphatic rings. The minimum Gasteiger partial charge on any atom is -0.508 e. The molecule has 0 atom stereocenters. The van der Waals surface area contributed by atoms with Crippen LogP contribution in [0.1, 0.15) is 45.2 Å². The Hall–Kier alpha value is -0.500. The first-order valence-corrected chi connectivity index (χ1v) is 6.17. The van der Waals surface area contributed by atoms with Crippen LogP contribution in [0.4, 0.5) is 0 Å². The van der Waals surface area contributed by atoms with Crippen LogP contribution in [0.25, 0.3) is 0 Å². The van der Waals surface area contributed by atoms with Gasteiger partial charge in [0, 0.05) is 4.47 Å². The van der Waals surface area contributed by atoms with Crippen LogP contribution in [0.5, 0.6) is 5.75 Å². The Kier molecular flexibility index (Phi) is 3.82. The molecule has 0 spiro atoms. The summed E-state index contributed by atoms with van der Waals surface area (Å²) in [6.07, 6.45) is 1.98. The number of phenolic OH excluding ortho intramolecular Hbond substituents is 1. The predicted molar refractivity (Wildman–Crippen MR) is 68.5 cm³/mol. The van der Waals surface area contributed by atoms with Crippen LogP contribution in [-0.2, 0) is 11.8 Å². The van der Waals surface area contributed by atoms with E-state index in [2.05, 4.69) is 43.6 Å². The number of rotatable bonds is 2. The van der Waals surface area contributed by atoms with E-state index in [1.807, 2.05) is 12.1 Å². The molecule has 0 radical (unpaired) electrons. The average molecular weight is 271 g/mol. The molecule has 1 rings (SSSR count). The number of phenols is 1. The van der Waals surface area contributed by atoms with Crippen LogP contribution < -0.4 is 0 Å². The standard InChI is InChI=1S/C13H19BrO/c1-5-6-9-7-11(14)10(8-12(9)15)13(2,3)4/h7-8,15H,5-6H2,1-4H3. The lowest BCUT2D eigenvalue weighted by Gasteiger charge is -2.22. The Balaban J connectivity index is 3.20. The van der Waals surface area contributed by atoms with E-state index in [0.29, 0.717) is 5.75 Å². The third-order valence-corrected chi connectivity index (χ3v) is 3.15. The molecule has 1 N–H and O–H groups in total. The molecule has 0 saturated heterocycles. The molecule has 0 heterocycles. The summed E-state index contributed by atoms with van der Waals surface area (Å²) in [6, 6.07) is 3.93. The third-order valence-electron chi connectivity index (χ3n) is 2.50. The van der Waals surface area contributed by atoms with E-state index in [0.717, 1.165) is 28.4 Å². The largest absolute Gasteiger partial charge is 0.508 e. The van der Waals surface area contributed by atoms with Crippen molar-refractivity contribution in [1.29, 1.82) is 0 Å². The Morgan fingerprint density at radius 2 is 1.87 bits per heavy atom. The monoisotopic (exact) mass is 270 g/mol. The molecular weight excluding hydrogens is 252 g/mol. The molecule has 0 amide bonds. The van der Waals surface area contributed by atoms with Crippen LogP contribution in [0.3, 0.4) is 0 Å². The van der Waals surface area contributed by atoms with E-state index in [9.17, 15) is 5.11 Å². The van der Waals surface area contributed by atoms with E-state index in [1.54, 1.807) is 0 Å². The highest BCUT2D eigenvalue weighted by Gasteiger charge is 2.18.